The van der Waals surface area contributed by atoms with Crippen LogP contribution in [0.15, 0.2) is 0 Å². The maximum Gasteiger partial charge on any atom is 0.211 e. The Morgan fingerprint density at radius 1 is 1.60 bits per heavy atom. The summed E-state index contributed by atoms with van der Waals surface area (Å²) in [5.41, 5.74) is 5.35. The normalized spacial score (nSPS) is 13.2. The number of carbonyl (C=O) groups excluding carboxylic acids is 2. The Kier molecular flexibility index (Phi) is 3.88. The predicted molar refractivity (Wildman–Crippen MR) is 38.5 cm³/mol. The van der Waals surface area contributed by atoms with Gasteiger partial charge in [0.2, 0.25) is 5.78 Å². The van der Waals surface area contributed by atoms with Crippen molar-refractivity contribution in [1.29, 1.82) is 0 Å². The first-order valence-electron chi connectivity index (χ1n) is 3.32. The third-order valence-electron chi connectivity index (χ3n) is 1.21. The van der Waals surface area contributed by atoms with E-state index < -0.39 is 11.8 Å². The van der Waals surface area contributed by atoms with Gasteiger partial charge in [0.25, 0.3) is 0 Å². The molecule has 0 aromatic heterocycles. The fraction of sp³-hybridized carbons (Fsp3) is 0.714. The standard InChI is InChI=1S/C7H13NO2/c1-5(2)3-6(8)7(10)4-9/h4-6H,3,8H2,1-2H3. The molecule has 0 amide bonds. The van der Waals surface area contributed by atoms with Gasteiger partial charge in [0.05, 0.1) is 6.04 Å². The highest BCUT2D eigenvalue weighted by atomic mass is 16.2. The van der Waals surface area contributed by atoms with E-state index in [1.54, 1.807) is 0 Å². The molecule has 1 unspecified atom stereocenters. The van der Waals surface area contributed by atoms with Crippen molar-refractivity contribution >= 4 is 12.1 Å². The summed E-state index contributed by atoms with van der Waals surface area (Å²) in [5.74, 6) is -0.146. The van der Waals surface area contributed by atoms with Gasteiger partial charge >= 0.3 is 0 Å². The van der Waals surface area contributed by atoms with E-state index in [9.17, 15) is 9.59 Å². The Bertz CT molecular complexity index is 132. The van der Waals surface area contributed by atoms with Crippen LogP contribution in [0.25, 0.3) is 0 Å². The molecule has 0 aliphatic heterocycles. The molecule has 0 saturated carbocycles. The van der Waals surface area contributed by atoms with Crippen LogP contribution in [-0.4, -0.2) is 18.1 Å². The topological polar surface area (TPSA) is 60.2 Å². The van der Waals surface area contributed by atoms with E-state index in [0.717, 1.165) is 0 Å². The quantitative estimate of drug-likeness (QED) is 0.449. The third-order valence-corrected chi connectivity index (χ3v) is 1.21. The van der Waals surface area contributed by atoms with Gasteiger partial charge in [-0.25, -0.2) is 0 Å². The molecule has 2 N–H and O–H groups in total. The Hall–Kier alpha value is -0.700. The van der Waals surface area contributed by atoms with Crippen LogP contribution in [0.1, 0.15) is 20.3 Å². The molecule has 3 heteroatoms. The minimum atomic E-state index is -0.600. The zero-order valence-electron chi connectivity index (χ0n) is 6.33. The first-order chi connectivity index (χ1) is 4.57. The summed E-state index contributed by atoms with van der Waals surface area (Å²) in [7, 11) is 0. The van der Waals surface area contributed by atoms with Crippen molar-refractivity contribution in [3.8, 4) is 0 Å². The second kappa shape index (κ2) is 4.17. The number of carbonyl (C=O) groups is 2. The number of hydrogen-bond donors (Lipinski definition) is 1. The largest absolute Gasteiger partial charge is 0.321 e. The van der Waals surface area contributed by atoms with Crippen molar-refractivity contribution in [2.75, 3.05) is 0 Å². The van der Waals surface area contributed by atoms with Crippen LogP contribution >= 0.6 is 0 Å². The zero-order valence-corrected chi connectivity index (χ0v) is 6.33. The number of rotatable bonds is 4. The molecule has 0 radical (unpaired) electrons. The van der Waals surface area contributed by atoms with Crippen molar-refractivity contribution in [1.82, 2.24) is 0 Å². The number of hydrogen-bond acceptors (Lipinski definition) is 3. The van der Waals surface area contributed by atoms with Gasteiger partial charge in [0.15, 0.2) is 6.29 Å². The summed E-state index contributed by atoms with van der Waals surface area (Å²) in [6, 6.07) is -0.600. The van der Waals surface area contributed by atoms with Gasteiger partial charge in [-0.3, -0.25) is 9.59 Å². The molecule has 0 heterocycles. The second-order valence-corrected chi connectivity index (χ2v) is 2.76. The Labute approximate surface area is 60.6 Å². The van der Waals surface area contributed by atoms with Crippen LogP contribution in [-0.2, 0) is 9.59 Å². The lowest BCUT2D eigenvalue weighted by molar-refractivity contribution is -0.130. The van der Waals surface area contributed by atoms with Crippen molar-refractivity contribution in [3.63, 3.8) is 0 Å². The molecular formula is C7H13NO2. The van der Waals surface area contributed by atoms with E-state index in [-0.39, 0.29) is 6.29 Å². The Balaban J connectivity index is 3.72. The molecule has 0 aliphatic carbocycles. The van der Waals surface area contributed by atoms with E-state index in [1.807, 2.05) is 13.8 Å². The van der Waals surface area contributed by atoms with Gasteiger partial charge in [-0.15, -0.1) is 0 Å². The molecular weight excluding hydrogens is 130 g/mol. The van der Waals surface area contributed by atoms with Crippen LogP contribution in [0.3, 0.4) is 0 Å². The summed E-state index contributed by atoms with van der Waals surface area (Å²) in [5, 5.41) is 0. The zero-order chi connectivity index (χ0) is 8.15. The van der Waals surface area contributed by atoms with E-state index in [4.69, 9.17) is 5.73 Å². The maximum atomic E-state index is 10.6. The predicted octanol–water partition coefficient (Wildman–Crippen LogP) is 0.128. The molecule has 3 nitrogen and oxygen atoms in total. The van der Waals surface area contributed by atoms with Gasteiger partial charge < -0.3 is 5.73 Å². The first kappa shape index (κ1) is 9.30. The van der Waals surface area contributed by atoms with E-state index in [1.165, 1.54) is 0 Å². The maximum absolute atomic E-state index is 10.6. The molecule has 1 atom stereocenters. The summed E-state index contributed by atoms with van der Waals surface area (Å²) >= 11 is 0. The van der Waals surface area contributed by atoms with Crippen LogP contribution < -0.4 is 5.73 Å². The van der Waals surface area contributed by atoms with Gasteiger partial charge in [0, 0.05) is 0 Å². The third kappa shape index (κ3) is 3.35. The molecule has 0 aliphatic rings. The minimum Gasteiger partial charge on any atom is -0.321 e. The number of nitrogens with two attached hydrogens (primary N) is 1. The number of ketones is 1. The molecule has 0 aromatic rings. The van der Waals surface area contributed by atoms with E-state index >= 15 is 0 Å². The fourth-order valence-electron chi connectivity index (χ4n) is 0.711. The molecule has 0 aromatic carbocycles. The molecule has 0 spiro atoms. The first-order valence-corrected chi connectivity index (χ1v) is 3.32. The molecule has 0 saturated heterocycles. The van der Waals surface area contributed by atoms with Gasteiger partial charge in [-0.1, -0.05) is 13.8 Å². The molecule has 10 heavy (non-hydrogen) atoms. The average molecular weight is 143 g/mol. The fourth-order valence-corrected chi connectivity index (χ4v) is 0.711. The lowest BCUT2D eigenvalue weighted by Crippen LogP contribution is -2.32. The molecule has 0 bridgehead atoms. The van der Waals surface area contributed by atoms with Crippen molar-refractivity contribution < 1.29 is 9.59 Å². The lowest BCUT2D eigenvalue weighted by atomic mass is 10.0. The van der Waals surface area contributed by atoms with E-state index in [2.05, 4.69) is 0 Å². The minimum absolute atomic E-state index is 0.285. The number of aldehydes is 1. The van der Waals surface area contributed by atoms with E-state index in [0.29, 0.717) is 12.3 Å². The van der Waals surface area contributed by atoms with Gasteiger partial charge in [0.1, 0.15) is 0 Å². The van der Waals surface area contributed by atoms with Crippen molar-refractivity contribution in [3.05, 3.63) is 0 Å². The van der Waals surface area contributed by atoms with Crippen LogP contribution in [0.4, 0.5) is 0 Å². The van der Waals surface area contributed by atoms with Crippen molar-refractivity contribution in [2.24, 2.45) is 11.7 Å². The number of Topliss-reactive ketones (excluding diaryl/α,β-unsaturated/α-hetero) is 1. The molecule has 0 rings (SSSR count). The molecule has 58 valence electrons. The Morgan fingerprint density at radius 3 is 2.40 bits per heavy atom. The van der Waals surface area contributed by atoms with Crippen LogP contribution in [0, 0.1) is 5.92 Å². The summed E-state index contributed by atoms with van der Waals surface area (Å²) < 4.78 is 0. The van der Waals surface area contributed by atoms with Crippen molar-refractivity contribution in [2.45, 2.75) is 26.3 Å². The van der Waals surface area contributed by atoms with Gasteiger partial charge in [-0.05, 0) is 12.3 Å². The lowest BCUT2D eigenvalue weighted by Gasteiger charge is -2.08. The Morgan fingerprint density at radius 2 is 2.10 bits per heavy atom. The summed E-state index contributed by atoms with van der Waals surface area (Å²) in [4.78, 5) is 20.5. The molecule has 0 fully saturated rings. The summed E-state index contributed by atoms with van der Waals surface area (Å²) in [6.45, 7) is 3.91. The average Bonchev–Trinajstić information content (AvgIpc) is 1.85. The highest BCUT2D eigenvalue weighted by Crippen LogP contribution is 2.01. The summed E-state index contributed by atoms with van der Waals surface area (Å²) in [6.07, 6.45) is 0.866. The second-order valence-electron chi connectivity index (χ2n) is 2.76. The van der Waals surface area contributed by atoms with Gasteiger partial charge in [-0.2, -0.15) is 0 Å². The van der Waals surface area contributed by atoms with Crippen LogP contribution in [0.2, 0.25) is 0 Å². The monoisotopic (exact) mass is 143 g/mol. The highest BCUT2D eigenvalue weighted by molar-refractivity contribution is 6.27. The SMILES string of the molecule is CC(C)CC(N)C(=O)C=O. The van der Waals surface area contributed by atoms with Crippen LogP contribution in [0.5, 0.6) is 0 Å². The highest BCUT2D eigenvalue weighted by Gasteiger charge is 2.12. The smallest absolute Gasteiger partial charge is 0.211 e.